The van der Waals surface area contributed by atoms with E-state index in [-0.39, 0.29) is 6.04 Å². The van der Waals surface area contributed by atoms with E-state index in [1.165, 1.54) is 22.6 Å². The molecule has 1 nitrogen and oxygen atoms in total. The number of hydrogen-bond donors (Lipinski definition) is 1. The van der Waals surface area contributed by atoms with Crippen molar-refractivity contribution in [1.29, 1.82) is 0 Å². The minimum Gasteiger partial charge on any atom is -0.328 e. The third-order valence-electron chi connectivity index (χ3n) is 1.95. The number of nitrogens with two attached hydrogens (primary N) is 1. The summed E-state index contributed by atoms with van der Waals surface area (Å²) in [4.78, 5) is 1.36. The lowest BCUT2D eigenvalue weighted by molar-refractivity contribution is 0.737. The lowest BCUT2D eigenvalue weighted by atomic mass is 10.1. The molecule has 1 aromatic carbocycles. The summed E-state index contributed by atoms with van der Waals surface area (Å²) < 4.78 is 0. The summed E-state index contributed by atoms with van der Waals surface area (Å²) in [6.45, 7) is 4.25. The molecular formula is C12H19NS. The van der Waals surface area contributed by atoms with Crippen LogP contribution in [0.3, 0.4) is 0 Å². The molecule has 1 aromatic rings. The molecule has 0 aliphatic carbocycles. The van der Waals surface area contributed by atoms with Gasteiger partial charge in [-0.25, -0.2) is 0 Å². The van der Waals surface area contributed by atoms with Gasteiger partial charge in [-0.3, -0.25) is 0 Å². The predicted octanol–water partition coefficient (Wildman–Crippen LogP) is 3.08. The topological polar surface area (TPSA) is 26.0 Å². The maximum atomic E-state index is 5.74. The van der Waals surface area contributed by atoms with E-state index >= 15 is 0 Å². The number of thioether (sulfide) groups is 1. The van der Waals surface area contributed by atoms with Gasteiger partial charge in [0.05, 0.1) is 0 Å². The molecule has 0 aliphatic rings. The van der Waals surface area contributed by atoms with Gasteiger partial charge >= 0.3 is 0 Å². The van der Waals surface area contributed by atoms with Crippen molar-refractivity contribution in [2.24, 2.45) is 5.73 Å². The maximum Gasteiger partial charge on any atom is 0.00721 e. The molecule has 0 bridgehead atoms. The Hall–Kier alpha value is -0.470. The highest BCUT2D eigenvalue weighted by atomic mass is 32.2. The summed E-state index contributed by atoms with van der Waals surface area (Å²) in [6.07, 6.45) is 2.20. The first-order chi connectivity index (χ1) is 6.72. The average Bonchev–Trinajstić information content (AvgIpc) is 2.16. The Morgan fingerprint density at radius 3 is 2.43 bits per heavy atom. The fourth-order valence-electron chi connectivity index (χ4n) is 1.31. The van der Waals surface area contributed by atoms with Crippen molar-refractivity contribution < 1.29 is 0 Å². The fraction of sp³-hybridized carbons (Fsp3) is 0.500. The molecule has 0 saturated carbocycles. The van der Waals surface area contributed by atoms with E-state index in [1.807, 2.05) is 18.7 Å². The number of rotatable bonds is 5. The van der Waals surface area contributed by atoms with Crippen molar-refractivity contribution >= 4 is 11.8 Å². The first kappa shape index (κ1) is 11.6. The summed E-state index contributed by atoms with van der Waals surface area (Å²) in [5.74, 6) is 1.20. The van der Waals surface area contributed by atoms with Gasteiger partial charge in [0, 0.05) is 10.9 Å². The predicted molar refractivity (Wildman–Crippen MR) is 64.8 cm³/mol. The Morgan fingerprint density at radius 2 is 1.93 bits per heavy atom. The molecule has 1 atom stereocenters. The van der Waals surface area contributed by atoms with Gasteiger partial charge < -0.3 is 5.73 Å². The van der Waals surface area contributed by atoms with Gasteiger partial charge in [0.15, 0.2) is 0 Å². The van der Waals surface area contributed by atoms with Gasteiger partial charge in [-0.1, -0.05) is 19.1 Å². The van der Waals surface area contributed by atoms with E-state index < -0.39 is 0 Å². The van der Waals surface area contributed by atoms with Crippen molar-refractivity contribution in [1.82, 2.24) is 0 Å². The minimum atomic E-state index is 0.254. The summed E-state index contributed by atoms with van der Waals surface area (Å²) >= 11 is 1.92. The average molecular weight is 209 g/mol. The molecule has 0 fully saturated rings. The zero-order chi connectivity index (χ0) is 10.4. The van der Waals surface area contributed by atoms with Gasteiger partial charge in [-0.15, -0.1) is 11.8 Å². The van der Waals surface area contributed by atoms with Crippen molar-refractivity contribution in [3.8, 4) is 0 Å². The lowest BCUT2D eigenvalue weighted by Crippen LogP contribution is -2.17. The molecule has 14 heavy (non-hydrogen) atoms. The molecule has 0 saturated heterocycles. The molecule has 0 radical (unpaired) electrons. The highest BCUT2D eigenvalue weighted by Crippen LogP contribution is 2.19. The summed E-state index contributed by atoms with van der Waals surface area (Å²) in [5, 5.41) is 0. The smallest absolute Gasteiger partial charge is 0.00721 e. The van der Waals surface area contributed by atoms with Gasteiger partial charge in [-0.2, -0.15) is 0 Å². The first-order valence-corrected chi connectivity index (χ1v) is 6.18. The van der Waals surface area contributed by atoms with Crippen LogP contribution in [0, 0.1) is 0 Å². The van der Waals surface area contributed by atoms with E-state index in [0.717, 1.165) is 6.42 Å². The Kier molecular flexibility index (Phi) is 5.05. The SMILES string of the molecule is CCCSc1ccc(CC(C)N)cc1. The van der Waals surface area contributed by atoms with Crippen LogP contribution in [0.25, 0.3) is 0 Å². The molecular weight excluding hydrogens is 190 g/mol. The molecule has 2 heteroatoms. The van der Waals surface area contributed by atoms with Crippen LogP contribution >= 0.6 is 11.8 Å². The van der Waals surface area contributed by atoms with Gasteiger partial charge in [0.1, 0.15) is 0 Å². The van der Waals surface area contributed by atoms with E-state index in [1.54, 1.807) is 0 Å². The first-order valence-electron chi connectivity index (χ1n) is 5.19. The quantitative estimate of drug-likeness (QED) is 0.754. The molecule has 0 spiro atoms. The van der Waals surface area contributed by atoms with Crippen LogP contribution in [-0.4, -0.2) is 11.8 Å². The largest absolute Gasteiger partial charge is 0.328 e. The Balaban J connectivity index is 2.50. The third-order valence-corrected chi connectivity index (χ3v) is 3.17. The van der Waals surface area contributed by atoms with Gasteiger partial charge in [0.25, 0.3) is 0 Å². The molecule has 0 aromatic heterocycles. The summed E-state index contributed by atoms with van der Waals surface area (Å²) in [7, 11) is 0. The van der Waals surface area contributed by atoms with Gasteiger partial charge in [0.2, 0.25) is 0 Å². The van der Waals surface area contributed by atoms with Crippen LogP contribution in [0.5, 0.6) is 0 Å². The minimum absolute atomic E-state index is 0.254. The van der Waals surface area contributed by atoms with Crippen LogP contribution in [0.2, 0.25) is 0 Å². The fourth-order valence-corrected chi connectivity index (χ4v) is 2.08. The van der Waals surface area contributed by atoms with Crippen LogP contribution in [0.1, 0.15) is 25.8 Å². The molecule has 1 rings (SSSR count). The van der Waals surface area contributed by atoms with Crippen molar-refractivity contribution in [2.75, 3.05) is 5.75 Å². The Bertz CT molecular complexity index is 254. The van der Waals surface area contributed by atoms with Crippen LogP contribution in [-0.2, 0) is 6.42 Å². The molecule has 0 heterocycles. The Morgan fingerprint density at radius 1 is 1.29 bits per heavy atom. The molecule has 0 amide bonds. The van der Waals surface area contributed by atoms with E-state index in [0.29, 0.717) is 0 Å². The standard InChI is InChI=1S/C12H19NS/c1-3-8-14-12-6-4-11(5-7-12)9-10(2)13/h4-7,10H,3,8-9,13H2,1-2H3. The monoisotopic (exact) mass is 209 g/mol. The third kappa shape index (κ3) is 4.16. The van der Waals surface area contributed by atoms with E-state index in [4.69, 9.17) is 5.73 Å². The van der Waals surface area contributed by atoms with Crippen molar-refractivity contribution in [3.63, 3.8) is 0 Å². The van der Waals surface area contributed by atoms with Gasteiger partial charge in [-0.05, 0) is 43.2 Å². The lowest BCUT2D eigenvalue weighted by Gasteiger charge is -2.06. The highest BCUT2D eigenvalue weighted by molar-refractivity contribution is 7.99. The molecule has 2 N–H and O–H groups in total. The van der Waals surface area contributed by atoms with E-state index in [2.05, 4.69) is 31.2 Å². The molecule has 1 unspecified atom stereocenters. The van der Waals surface area contributed by atoms with Crippen molar-refractivity contribution in [2.45, 2.75) is 37.6 Å². The Labute approximate surface area is 91.1 Å². The van der Waals surface area contributed by atoms with Crippen LogP contribution < -0.4 is 5.73 Å². The van der Waals surface area contributed by atoms with Crippen molar-refractivity contribution in [3.05, 3.63) is 29.8 Å². The zero-order valence-electron chi connectivity index (χ0n) is 8.99. The van der Waals surface area contributed by atoms with Crippen LogP contribution in [0.4, 0.5) is 0 Å². The molecule has 0 aliphatic heterocycles. The summed E-state index contributed by atoms with van der Waals surface area (Å²) in [5.41, 5.74) is 7.07. The molecule has 78 valence electrons. The second kappa shape index (κ2) is 6.10. The number of benzene rings is 1. The highest BCUT2D eigenvalue weighted by Gasteiger charge is 1.98. The normalized spacial score (nSPS) is 12.8. The second-order valence-corrected chi connectivity index (χ2v) is 4.84. The second-order valence-electron chi connectivity index (χ2n) is 3.67. The number of hydrogen-bond acceptors (Lipinski definition) is 2. The van der Waals surface area contributed by atoms with E-state index in [9.17, 15) is 0 Å². The maximum absolute atomic E-state index is 5.74. The van der Waals surface area contributed by atoms with Crippen LogP contribution in [0.15, 0.2) is 29.2 Å². The zero-order valence-corrected chi connectivity index (χ0v) is 9.81. The summed E-state index contributed by atoms with van der Waals surface area (Å²) in [6, 6.07) is 9.00.